The first-order chi connectivity index (χ1) is 15.3. The zero-order chi connectivity index (χ0) is 23.3. The fourth-order valence-corrected chi connectivity index (χ4v) is 4.46. The van der Waals surface area contributed by atoms with Crippen LogP contribution in [0.1, 0.15) is 21.5 Å². The fourth-order valence-electron chi connectivity index (χ4n) is 3.31. The zero-order valence-electron chi connectivity index (χ0n) is 18.5. The Balaban J connectivity index is 1.82. The Morgan fingerprint density at radius 1 is 0.938 bits per heavy atom. The van der Waals surface area contributed by atoms with Crippen molar-refractivity contribution in [1.29, 1.82) is 0 Å². The van der Waals surface area contributed by atoms with E-state index in [2.05, 4.69) is 4.72 Å². The predicted octanol–water partition coefficient (Wildman–Crippen LogP) is 4.09. The highest BCUT2D eigenvalue weighted by Crippen LogP contribution is 2.28. The van der Waals surface area contributed by atoms with Crippen molar-refractivity contribution in [3.63, 3.8) is 0 Å². The normalized spacial score (nSPS) is 11.0. The molecule has 3 aromatic rings. The summed E-state index contributed by atoms with van der Waals surface area (Å²) in [6.45, 7) is 2.07. The van der Waals surface area contributed by atoms with Gasteiger partial charge in [-0.2, -0.15) is 0 Å². The van der Waals surface area contributed by atoms with Gasteiger partial charge >= 0.3 is 0 Å². The molecule has 0 atom stereocenters. The van der Waals surface area contributed by atoms with Gasteiger partial charge in [0.15, 0.2) is 11.5 Å². The average molecular weight is 455 g/mol. The number of hydrogen-bond acceptors (Lipinski definition) is 5. The minimum atomic E-state index is -3.76. The number of benzene rings is 3. The van der Waals surface area contributed by atoms with Gasteiger partial charge in [-0.25, -0.2) is 8.42 Å². The number of amides is 1. The Hall–Kier alpha value is -3.52. The van der Waals surface area contributed by atoms with E-state index in [9.17, 15) is 13.2 Å². The molecule has 1 amide bonds. The van der Waals surface area contributed by atoms with Gasteiger partial charge in [-0.3, -0.25) is 9.52 Å². The third-order valence-corrected chi connectivity index (χ3v) is 6.46. The molecule has 8 heteroatoms. The highest BCUT2D eigenvalue weighted by atomic mass is 32.2. The molecule has 3 rings (SSSR count). The predicted molar refractivity (Wildman–Crippen MR) is 124 cm³/mol. The first-order valence-corrected chi connectivity index (χ1v) is 11.4. The van der Waals surface area contributed by atoms with Crippen LogP contribution in [0.25, 0.3) is 0 Å². The molecule has 1 N–H and O–H groups in total. The molecule has 0 spiro atoms. The summed E-state index contributed by atoms with van der Waals surface area (Å²) in [6.07, 6.45) is 0. The summed E-state index contributed by atoms with van der Waals surface area (Å²) in [5, 5.41) is 0. The van der Waals surface area contributed by atoms with Crippen molar-refractivity contribution < 1.29 is 22.7 Å². The molecule has 0 heterocycles. The van der Waals surface area contributed by atoms with E-state index in [1.165, 1.54) is 12.1 Å². The van der Waals surface area contributed by atoms with Gasteiger partial charge < -0.3 is 14.4 Å². The molecule has 0 aromatic heterocycles. The number of carbonyl (C=O) groups excluding carboxylic acids is 1. The molecule has 32 heavy (non-hydrogen) atoms. The summed E-state index contributed by atoms with van der Waals surface area (Å²) >= 11 is 0. The van der Waals surface area contributed by atoms with Crippen LogP contribution in [0.15, 0.2) is 71.6 Å². The van der Waals surface area contributed by atoms with Gasteiger partial charge in [-0.15, -0.1) is 0 Å². The lowest BCUT2D eigenvalue weighted by molar-refractivity contribution is 0.0784. The molecule has 0 radical (unpaired) electrons. The molecule has 0 aliphatic heterocycles. The Morgan fingerprint density at radius 3 is 2.28 bits per heavy atom. The molecule has 3 aromatic carbocycles. The van der Waals surface area contributed by atoms with Crippen LogP contribution >= 0.6 is 0 Å². The molecule has 0 unspecified atom stereocenters. The third-order valence-electron chi connectivity index (χ3n) is 5.08. The van der Waals surface area contributed by atoms with Crippen molar-refractivity contribution in [2.75, 3.05) is 26.0 Å². The summed E-state index contributed by atoms with van der Waals surface area (Å²) in [5.41, 5.74) is 2.20. The highest BCUT2D eigenvalue weighted by Gasteiger charge is 2.20. The van der Waals surface area contributed by atoms with Crippen molar-refractivity contribution in [2.24, 2.45) is 0 Å². The molecular formula is C24H26N2O5S. The summed E-state index contributed by atoms with van der Waals surface area (Å²) < 4.78 is 38.6. The number of hydrogen-bond donors (Lipinski definition) is 1. The van der Waals surface area contributed by atoms with Crippen molar-refractivity contribution >= 4 is 21.6 Å². The van der Waals surface area contributed by atoms with Gasteiger partial charge in [0.2, 0.25) is 0 Å². The van der Waals surface area contributed by atoms with Crippen LogP contribution in [0.4, 0.5) is 5.69 Å². The summed E-state index contributed by atoms with van der Waals surface area (Å²) in [7, 11) is 1.05. The number of nitrogens with zero attached hydrogens (tertiary/aromatic N) is 1. The molecule has 0 saturated heterocycles. The van der Waals surface area contributed by atoms with Crippen LogP contribution in [0.5, 0.6) is 11.5 Å². The van der Waals surface area contributed by atoms with E-state index in [0.717, 1.165) is 5.56 Å². The molecule has 0 aliphatic carbocycles. The summed E-state index contributed by atoms with van der Waals surface area (Å²) in [6, 6.07) is 18.6. The average Bonchev–Trinajstić information content (AvgIpc) is 2.80. The van der Waals surface area contributed by atoms with Gasteiger partial charge in [-0.05, 0) is 54.4 Å². The van der Waals surface area contributed by atoms with Crippen molar-refractivity contribution in [3.8, 4) is 11.5 Å². The topological polar surface area (TPSA) is 84.9 Å². The minimum absolute atomic E-state index is 0.154. The monoisotopic (exact) mass is 454 g/mol. The molecule has 0 saturated carbocycles. The first kappa shape index (κ1) is 23.1. The van der Waals surface area contributed by atoms with E-state index in [1.54, 1.807) is 75.6 Å². The van der Waals surface area contributed by atoms with Gasteiger partial charge in [0.25, 0.3) is 15.9 Å². The standard InChI is InChI=1S/C24H26N2O5S/c1-17-20(11-8-12-21(17)25-32(28,29)19-9-6-5-7-10-19)24(27)26(2)16-18-13-14-22(30-3)23(15-18)31-4/h5-15,25H,16H2,1-4H3. The van der Waals surface area contributed by atoms with Crippen LogP contribution in [-0.4, -0.2) is 40.5 Å². The second-order valence-electron chi connectivity index (χ2n) is 7.25. The van der Waals surface area contributed by atoms with E-state index in [0.29, 0.717) is 34.9 Å². The fraction of sp³-hybridized carbons (Fsp3) is 0.208. The van der Waals surface area contributed by atoms with Crippen LogP contribution in [-0.2, 0) is 16.6 Å². The number of nitrogens with one attached hydrogen (secondary N) is 1. The summed E-state index contributed by atoms with van der Waals surface area (Å²) in [4.78, 5) is 14.9. The highest BCUT2D eigenvalue weighted by molar-refractivity contribution is 7.92. The summed E-state index contributed by atoms with van der Waals surface area (Å²) in [5.74, 6) is 0.969. The number of rotatable bonds is 8. The van der Waals surface area contributed by atoms with E-state index in [4.69, 9.17) is 9.47 Å². The minimum Gasteiger partial charge on any atom is -0.493 e. The Kier molecular flexibility index (Phi) is 7.05. The van der Waals surface area contributed by atoms with E-state index in [-0.39, 0.29) is 10.8 Å². The number of methoxy groups -OCH3 is 2. The van der Waals surface area contributed by atoms with Crippen molar-refractivity contribution in [2.45, 2.75) is 18.4 Å². The van der Waals surface area contributed by atoms with Crippen LogP contribution < -0.4 is 14.2 Å². The molecule has 7 nitrogen and oxygen atoms in total. The lowest BCUT2D eigenvalue weighted by Gasteiger charge is -2.20. The van der Waals surface area contributed by atoms with E-state index >= 15 is 0 Å². The largest absolute Gasteiger partial charge is 0.493 e. The number of ether oxygens (including phenoxy) is 2. The maximum Gasteiger partial charge on any atom is 0.261 e. The number of sulfonamides is 1. The second-order valence-corrected chi connectivity index (χ2v) is 8.93. The Bertz CT molecular complexity index is 1210. The molecular weight excluding hydrogens is 428 g/mol. The third kappa shape index (κ3) is 5.03. The van der Waals surface area contributed by atoms with Gasteiger partial charge in [-0.1, -0.05) is 30.3 Å². The van der Waals surface area contributed by atoms with Crippen molar-refractivity contribution in [3.05, 3.63) is 83.4 Å². The second kappa shape index (κ2) is 9.74. The maximum absolute atomic E-state index is 13.1. The molecule has 0 fully saturated rings. The lowest BCUT2D eigenvalue weighted by Crippen LogP contribution is -2.27. The molecule has 0 bridgehead atoms. The zero-order valence-corrected chi connectivity index (χ0v) is 19.3. The van der Waals surface area contributed by atoms with Crippen LogP contribution in [0, 0.1) is 6.92 Å². The van der Waals surface area contributed by atoms with E-state index < -0.39 is 10.0 Å². The lowest BCUT2D eigenvalue weighted by atomic mass is 10.1. The van der Waals surface area contributed by atoms with Gasteiger partial charge in [0, 0.05) is 19.2 Å². The van der Waals surface area contributed by atoms with E-state index in [1.807, 2.05) is 12.1 Å². The van der Waals surface area contributed by atoms with Gasteiger partial charge in [0.1, 0.15) is 0 Å². The van der Waals surface area contributed by atoms with Gasteiger partial charge in [0.05, 0.1) is 24.8 Å². The van der Waals surface area contributed by atoms with Crippen LogP contribution in [0.3, 0.4) is 0 Å². The maximum atomic E-state index is 13.1. The first-order valence-electron chi connectivity index (χ1n) is 9.90. The molecule has 0 aliphatic rings. The quantitative estimate of drug-likeness (QED) is 0.554. The van der Waals surface area contributed by atoms with Crippen LogP contribution in [0.2, 0.25) is 0 Å². The SMILES string of the molecule is COc1ccc(CN(C)C(=O)c2cccc(NS(=O)(=O)c3ccccc3)c2C)cc1OC. The molecule has 168 valence electrons. The Morgan fingerprint density at radius 2 is 1.62 bits per heavy atom. The smallest absolute Gasteiger partial charge is 0.261 e. The number of carbonyl (C=O) groups is 1. The Labute approximate surface area is 188 Å². The van der Waals surface area contributed by atoms with Crippen molar-refractivity contribution in [1.82, 2.24) is 4.90 Å². The number of anilines is 1.